The first-order valence-corrected chi connectivity index (χ1v) is 9.09. The Morgan fingerprint density at radius 3 is 1.46 bits per heavy atom. The molecule has 0 unspecified atom stereocenters. The van der Waals surface area contributed by atoms with E-state index in [-0.39, 0.29) is 16.6 Å². The van der Waals surface area contributed by atoms with E-state index in [0.717, 1.165) is 11.1 Å². The molecule has 0 heterocycles. The number of aryl methyl sites for hydroxylation is 2. The van der Waals surface area contributed by atoms with Crippen molar-refractivity contribution in [1.29, 1.82) is 0 Å². The van der Waals surface area contributed by atoms with Crippen molar-refractivity contribution in [3.8, 4) is 0 Å². The third-order valence-electron chi connectivity index (χ3n) is 6.14. The van der Waals surface area contributed by atoms with Crippen molar-refractivity contribution < 1.29 is 4.79 Å². The van der Waals surface area contributed by atoms with E-state index in [1.165, 1.54) is 47.9 Å². The van der Waals surface area contributed by atoms with E-state index in [9.17, 15) is 4.79 Å². The average molecular weight is 318 g/mol. The Labute approximate surface area is 145 Å². The molecule has 2 aromatic rings. The fraction of sp³-hybridized carbons (Fsp3) is 0.435. The second-order valence-corrected chi connectivity index (χ2v) is 8.55. The zero-order valence-corrected chi connectivity index (χ0v) is 15.2. The zero-order chi connectivity index (χ0) is 17.1. The third-order valence-corrected chi connectivity index (χ3v) is 6.14. The molecular formula is C23H26O. The first kappa shape index (κ1) is 15.6. The van der Waals surface area contributed by atoms with Gasteiger partial charge in [-0.1, -0.05) is 61.4 Å². The molecule has 0 bridgehead atoms. The van der Waals surface area contributed by atoms with Crippen LogP contribution >= 0.6 is 0 Å². The molecule has 2 aromatic carbocycles. The first-order valence-electron chi connectivity index (χ1n) is 9.09. The molecule has 2 aliphatic rings. The molecule has 4 rings (SSSR count). The minimum atomic E-state index is 0.200. The maximum absolute atomic E-state index is 13.5. The van der Waals surface area contributed by atoms with Crippen LogP contribution in [-0.4, -0.2) is 5.78 Å². The first-order chi connectivity index (χ1) is 11.3. The van der Waals surface area contributed by atoms with Gasteiger partial charge in [0.25, 0.3) is 0 Å². The van der Waals surface area contributed by atoms with Gasteiger partial charge >= 0.3 is 0 Å². The summed E-state index contributed by atoms with van der Waals surface area (Å²) in [7, 11) is 0. The van der Waals surface area contributed by atoms with E-state index < -0.39 is 0 Å². The second kappa shape index (κ2) is 5.05. The van der Waals surface area contributed by atoms with E-state index in [4.69, 9.17) is 0 Å². The average Bonchev–Trinajstić information content (AvgIpc) is 3.47. The Morgan fingerprint density at radius 2 is 1.12 bits per heavy atom. The number of carbonyl (C=O) groups is 1. The minimum absolute atomic E-state index is 0.200. The van der Waals surface area contributed by atoms with Crippen molar-refractivity contribution in [2.24, 2.45) is 0 Å². The topological polar surface area (TPSA) is 17.1 Å². The molecule has 124 valence electrons. The van der Waals surface area contributed by atoms with Gasteiger partial charge in [-0.05, 0) is 61.5 Å². The van der Waals surface area contributed by atoms with Crippen LogP contribution in [-0.2, 0) is 10.8 Å². The van der Waals surface area contributed by atoms with Gasteiger partial charge < -0.3 is 0 Å². The normalized spacial score (nSPS) is 19.8. The molecule has 2 aliphatic carbocycles. The summed E-state index contributed by atoms with van der Waals surface area (Å²) >= 11 is 0. The highest BCUT2D eigenvalue weighted by Crippen LogP contribution is 2.51. The fourth-order valence-electron chi connectivity index (χ4n) is 3.77. The lowest BCUT2D eigenvalue weighted by Crippen LogP contribution is -2.15. The van der Waals surface area contributed by atoms with Gasteiger partial charge in [0.1, 0.15) is 0 Å². The van der Waals surface area contributed by atoms with Crippen molar-refractivity contribution in [2.75, 3.05) is 0 Å². The number of rotatable bonds is 4. The van der Waals surface area contributed by atoms with Crippen LogP contribution in [0.3, 0.4) is 0 Å². The van der Waals surface area contributed by atoms with Gasteiger partial charge in [0.05, 0.1) is 0 Å². The SMILES string of the molecule is Cc1ccc(C(=O)c2ccc(C)cc2C2(C)CC2)c(C2(C)CC2)c1. The lowest BCUT2D eigenvalue weighted by Gasteiger charge is -2.19. The van der Waals surface area contributed by atoms with Crippen molar-refractivity contribution in [2.45, 2.75) is 64.2 Å². The van der Waals surface area contributed by atoms with Gasteiger partial charge in [-0.25, -0.2) is 0 Å². The molecule has 0 radical (unpaired) electrons. The molecule has 1 heteroatoms. The highest BCUT2D eigenvalue weighted by molar-refractivity contribution is 6.11. The van der Waals surface area contributed by atoms with Crippen LogP contribution in [0.5, 0.6) is 0 Å². The predicted molar refractivity (Wildman–Crippen MR) is 99.0 cm³/mol. The molecule has 2 fully saturated rings. The monoisotopic (exact) mass is 318 g/mol. The molecule has 0 amide bonds. The second-order valence-electron chi connectivity index (χ2n) is 8.55. The Morgan fingerprint density at radius 1 is 0.750 bits per heavy atom. The van der Waals surface area contributed by atoms with Crippen LogP contribution < -0.4 is 0 Å². The number of hydrogen-bond donors (Lipinski definition) is 0. The highest BCUT2D eigenvalue weighted by Gasteiger charge is 2.44. The molecule has 0 spiro atoms. The standard InChI is InChI=1S/C23H26O/c1-15-5-7-17(19(13-15)22(3)9-10-22)21(24)18-8-6-16(2)14-20(18)23(4)11-12-23/h5-8,13-14H,9-12H2,1-4H3. The lowest BCUT2D eigenvalue weighted by molar-refractivity contribution is 0.103. The maximum atomic E-state index is 13.5. The molecular weight excluding hydrogens is 292 g/mol. The Hall–Kier alpha value is -1.89. The van der Waals surface area contributed by atoms with E-state index in [0.29, 0.717) is 0 Å². The smallest absolute Gasteiger partial charge is 0.193 e. The van der Waals surface area contributed by atoms with Crippen LogP contribution in [0.15, 0.2) is 36.4 Å². The number of hydrogen-bond acceptors (Lipinski definition) is 1. The Kier molecular flexibility index (Phi) is 3.29. The van der Waals surface area contributed by atoms with Crippen molar-refractivity contribution in [3.63, 3.8) is 0 Å². The molecule has 0 aromatic heterocycles. The van der Waals surface area contributed by atoms with E-state index >= 15 is 0 Å². The van der Waals surface area contributed by atoms with Gasteiger partial charge in [0.2, 0.25) is 0 Å². The van der Waals surface area contributed by atoms with Crippen molar-refractivity contribution >= 4 is 5.78 Å². The highest BCUT2D eigenvalue weighted by atomic mass is 16.1. The van der Waals surface area contributed by atoms with E-state index in [1.807, 2.05) is 0 Å². The third kappa shape index (κ3) is 2.51. The quantitative estimate of drug-likeness (QED) is 0.667. The molecule has 1 nitrogen and oxygen atoms in total. The van der Waals surface area contributed by atoms with Crippen LogP contribution in [0.1, 0.15) is 77.7 Å². The summed E-state index contributed by atoms with van der Waals surface area (Å²) in [6, 6.07) is 12.7. The predicted octanol–water partition coefficient (Wildman–Crippen LogP) is 5.64. The summed E-state index contributed by atoms with van der Waals surface area (Å²) in [6.07, 6.45) is 4.76. The molecule has 0 aliphatic heterocycles. The van der Waals surface area contributed by atoms with Crippen molar-refractivity contribution in [3.05, 3.63) is 69.8 Å². The van der Waals surface area contributed by atoms with Gasteiger partial charge in [-0.15, -0.1) is 0 Å². The Balaban J connectivity index is 1.84. The minimum Gasteiger partial charge on any atom is -0.289 e. The fourth-order valence-corrected chi connectivity index (χ4v) is 3.77. The number of benzene rings is 2. The van der Waals surface area contributed by atoms with E-state index in [2.05, 4.69) is 64.1 Å². The summed E-state index contributed by atoms with van der Waals surface area (Å²) in [5.41, 5.74) is 7.21. The molecule has 2 saturated carbocycles. The summed E-state index contributed by atoms with van der Waals surface area (Å²) in [4.78, 5) is 13.5. The summed E-state index contributed by atoms with van der Waals surface area (Å²) < 4.78 is 0. The summed E-state index contributed by atoms with van der Waals surface area (Å²) in [5.74, 6) is 0.209. The van der Waals surface area contributed by atoms with Crippen LogP contribution in [0.2, 0.25) is 0 Å². The molecule has 0 atom stereocenters. The van der Waals surface area contributed by atoms with Gasteiger partial charge in [0, 0.05) is 11.1 Å². The summed E-state index contributed by atoms with van der Waals surface area (Å²) in [6.45, 7) is 8.81. The zero-order valence-electron chi connectivity index (χ0n) is 15.2. The van der Waals surface area contributed by atoms with Gasteiger partial charge in [-0.3, -0.25) is 4.79 Å². The largest absolute Gasteiger partial charge is 0.289 e. The number of carbonyl (C=O) groups excluding carboxylic acids is 1. The van der Waals surface area contributed by atoms with Gasteiger partial charge in [-0.2, -0.15) is 0 Å². The molecule has 0 N–H and O–H groups in total. The molecule has 0 saturated heterocycles. The van der Waals surface area contributed by atoms with Crippen LogP contribution in [0, 0.1) is 13.8 Å². The summed E-state index contributed by atoms with van der Waals surface area (Å²) in [5, 5.41) is 0. The number of ketones is 1. The van der Waals surface area contributed by atoms with Gasteiger partial charge in [0.15, 0.2) is 5.78 Å². The van der Waals surface area contributed by atoms with Crippen LogP contribution in [0.4, 0.5) is 0 Å². The maximum Gasteiger partial charge on any atom is 0.193 e. The van der Waals surface area contributed by atoms with Crippen LogP contribution in [0.25, 0.3) is 0 Å². The van der Waals surface area contributed by atoms with Crippen molar-refractivity contribution in [1.82, 2.24) is 0 Å². The van der Waals surface area contributed by atoms with E-state index in [1.54, 1.807) is 0 Å². The lowest BCUT2D eigenvalue weighted by atomic mass is 9.84. The Bertz CT molecular complexity index is 766. The molecule has 24 heavy (non-hydrogen) atoms.